The minimum atomic E-state index is -0.308. The number of phenolic OH excluding ortho intramolecular Hbond substituents is 2. The Morgan fingerprint density at radius 2 is 1.08 bits per heavy atom. The molecule has 0 unspecified atom stereocenters. The Bertz CT molecular complexity index is 760. The van der Waals surface area contributed by atoms with Crippen LogP contribution < -0.4 is 0 Å². The average molecular weight is 346 g/mol. The van der Waals surface area contributed by atoms with E-state index in [4.69, 9.17) is 0 Å². The fourth-order valence-electron chi connectivity index (χ4n) is 3.79. The van der Waals surface area contributed by atoms with E-state index in [1.807, 2.05) is 30.3 Å². The summed E-state index contributed by atoms with van der Waals surface area (Å²) in [5.74, 6) is 0.546. The number of hydrogen-bond acceptors (Lipinski definition) is 2. The molecule has 0 aliphatic heterocycles. The molecule has 134 valence electrons. The van der Waals surface area contributed by atoms with Crippen molar-refractivity contribution in [3.8, 4) is 11.5 Å². The number of aromatic hydroxyl groups is 2. The van der Waals surface area contributed by atoms with E-state index in [1.165, 1.54) is 12.0 Å². The van der Waals surface area contributed by atoms with Crippen molar-refractivity contribution in [3.05, 3.63) is 95.6 Å². The molecule has 2 nitrogen and oxygen atoms in total. The van der Waals surface area contributed by atoms with E-state index >= 15 is 0 Å². The van der Waals surface area contributed by atoms with Gasteiger partial charge < -0.3 is 10.2 Å². The molecule has 0 bridgehead atoms. The molecule has 0 amide bonds. The van der Waals surface area contributed by atoms with Gasteiger partial charge in [-0.2, -0.15) is 0 Å². The maximum atomic E-state index is 9.78. The van der Waals surface area contributed by atoms with E-state index in [2.05, 4.69) is 31.2 Å². The van der Waals surface area contributed by atoms with Crippen molar-refractivity contribution < 1.29 is 10.2 Å². The number of unbranched alkanes of at least 4 members (excludes halogenated alkanes) is 2. The van der Waals surface area contributed by atoms with E-state index in [0.717, 1.165) is 30.4 Å². The van der Waals surface area contributed by atoms with Crippen molar-refractivity contribution in [3.63, 3.8) is 0 Å². The molecule has 3 aromatic rings. The van der Waals surface area contributed by atoms with Crippen LogP contribution in [0.5, 0.6) is 11.5 Å². The molecule has 0 aliphatic rings. The summed E-state index contributed by atoms with van der Waals surface area (Å²) in [6.45, 7) is 2.21. The molecule has 0 radical (unpaired) electrons. The molecular formula is C24H26O2. The average Bonchev–Trinajstić information content (AvgIpc) is 2.68. The molecule has 0 heterocycles. The number of rotatable bonds is 7. The third kappa shape index (κ3) is 3.60. The fraction of sp³-hybridized carbons (Fsp3) is 0.250. The predicted octanol–water partition coefficient (Wildman–Crippen LogP) is 6.01. The van der Waals surface area contributed by atoms with Gasteiger partial charge in [0.05, 0.1) is 0 Å². The van der Waals surface area contributed by atoms with Crippen molar-refractivity contribution in [2.75, 3.05) is 0 Å². The molecule has 0 aromatic heterocycles. The van der Waals surface area contributed by atoms with Gasteiger partial charge in [-0.1, -0.05) is 80.8 Å². The Hall–Kier alpha value is -2.74. The highest BCUT2D eigenvalue weighted by atomic mass is 16.3. The lowest BCUT2D eigenvalue weighted by molar-refractivity contribution is 0.471. The lowest BCUT2D eigenvalue weighted by Crippen LogP contribution is -2.29. The summed E-state index contributed by atoms with van der Waals surface area (Å²) in [6, 6.07) is 25.6. The van der Waals surface area contributed by atoms with Crippen LogP contribution in [0.2, 0.25) is 0 Å². The number of benzene rings is 3. The minimum Gasteiger partial charge on any atom is -0.508 e. The van der Waals surface area contributed by atoms with Gasteiger partial charge in [-0.15, -0.1) is 0 Å². The third-order valence-electron chi connectivity index (χ3n) is 5.14. The van der Waals surface area contributed by atoms with Crippen molar-refractivity contribution in [1.29, 1.82) is 0 Å². The van der Waals surface area contributed by atoms with Crippen LogP contribution in [0.25, 0.3) is 0 Å². The van der Waals surface area contributed by atoms with Gasteiger partial charge in [0.2, 0.25) is 0 Å². The van der Waals surface area contributed by atoms with Gasteiger partial charge in [-0.05, 0) is 47.4 Å². The Morgan fingerprint density at radius 1 is 0.615 bits per heavy atom. The quantitative estimate of drug-likeness (QED) is 0.406. The first-order valence-corrected chi connectivity index (χ1v) is 9.31. The lowest BCUT2D eigenvalue weighted by Gasteiger charge is -2.36. The highest BCUT2D eigenvalue weighted by molar-refractivity contribution is 5.51. The van der Waals surface area contributed by atoms with Gasteiger partial charge in [0.25, 0.3) is 0 Å². The Morgan fingerprint density at radius 3 is 1.54 bits per heavy atom. The second-order valence-electron chi connectivity index (χ2n) is 6.82. The zero-order chi connectivity index (χ0) is 18.4. The van der Waals surface area contributed by atoms with Crippen LogP contribution >= 0.6 is 0 Å². The first kappa shape index (κ1) is 18.1. The van der Waals surface area contributed by atoms with Gasteiger partial charge in [-0.25, -0.2) is 0 Å². The first-order chi connectivity index (χ1) is 12.7. The molecule has 0 atom stereocenters. The summed E-state index contributed by atoms with van der Waals surface area (Å²) in [4.78, 5) is 0. The SMILES string of the molecule is CCCCCC(c1ccccc1)(c1ccc(O)cc1)c1ccc(O)cc1. The highest BCUT2D eigenvalue weighted by Crippen LogP contribution is 2.44. The topological polar surface area (TPSA) is 40.5 Å². The Balaban J connectivity index is 2.22. The molecule has 3 aromatic carbocycles. The van der Waals surface area contributed by atoms with E-state index in [0.29, 0.717) is 0 Å². The summed E-state index contributed by atoms with van der Waals surface area (Å²) in [7, 11) is 0. The predicted molar refractivity (Wildman–Crippen MR) is 107 cm³/mol. The highest BCUT2D eigenvalue weighted by Gasteiger charge is 2.35. The molecule has 0 spiro atoms. The molecule has 0 saturated heterocycles. The summed E-state index contributed by atoms with van der Waals surface area (Å²) in [5, 5.41) is 19.6. The summed E-state index contributed by atoms with van der Waals surface area (Å²) < 4.78 is 0. The zero-order valence-corrected chi connectivity index (χ0v) is 15.2. The third-order valence-corrected chi connectivity index (χ3v) is 5.14. The van der Waals surface area contributed by atoms with Crippen molar-refractivity contribution in [1.82, 2.24) is 0 Å². The largest absolute Gasteiger partial charge is 0.508 e. The Labute approximate surface area is 155 Å². The maximum Gasteiger partial charge on any atom is 0.115 e. The van der Waals surface area contributed by atoms with Crippen molar-refractivity contribution in [2.24, 2.45) is 0 Å². The second-order valence-corrected chi connectivity index (χ2v) is 6.82. The molecule has 3 rings (SSSR count). The summed E-state index contributed by atoms with van der Waals surface area (Å²) in [5.41, 5.74) is 3.23. The second kappa shape index (κ2) is 8.09. The van der Waals surface area contributed by atoms with Crippen LogP contribution in [0.1, 0.15) is 49.3 Å². The first-order valence-electron chi connectivity index (χ1n) is 9.31. The molecular weight excluding hydrogens is 320 g/mol. The lowest BCUT2D eigenvalue weighted by atomic mass is 9.66. The van der Waals surface area contributed by atoms with Gasteiger partial charge in [0, 0.05) is 5.41 Å². The van der Waals surface area contributed by atoms with Crippen molar-refractivity contribution >= 4 is 0 Å². The van der Waals surface area contributed by atoms with Crippen molar-refractivity contribution in [2.45, 2.75) is 38.0 Å². The molecule has 0 fully saturated rings. The van der Waals surface area contributed by atoms with E-state index in [-0.39, 0.29) is 16.9 Å². The van der Waals surface area contributed by atoms with Gasteiger partial charge in [0.1, 0.15) is 11.5 Å². The molecule has 0 aliphatic carbocycles. The van der Waals surface area contributed by atoms with E-state index in [9.17, 15) is 10.2 Å². The van der Waals surface area contributed by atoms with Crippen LogP contribution in [0.15, 0.2) is 78.9 Å². The molecule has 2 heteroatoms. The monoisotopic (exact) mass is 346 g/mol. The molecule has 26 heavy (non-hydrogen) atoms. The Kier molecular flexibility index (Phi) is 5.62. The summed E-state index contributed by atoms with van der Waals surface area (Å²) in [6.07, 6.45) is 4.41. The van der Waals surface area contributed by atoms with Crippen LogP contribution in [0.3, 0.4) is 0 Å². The van der Waals surface area contributed by atoms with E-state index in [1.54, 1.807) is 24.3 Å². The number of phenols is 2. The minimum absolute atomic E-state index is 0.273. The number of hydrogen-bond donors (Lipinski definition) is 2. The molecule has 0 saturated carbocycles. The van der Waals surface area contributed by atoms with Gasteiger partial charge >= 0.3 is 0 Å². The fourth-order valence-corrected chi connectivity index (χ4v) is 3.79. The maximum absolute atomic E-state index is 9.78. The van der Waals surface area contributed by atoms with Crippen LogP contribution in [0.4, 0.5) is 0 Å². The smallest absolute Gasteiger partial charge is 0.115 e. The van der Waals surface area contributed by atoms with Crippen LogP contribution in [-0.4, -0.2) is 10.2 Å². The van der Waals surface area contributed by atoms with Gasteiger partial charge in [-0.3, -0.25) is 0 Å². The normalized spacial score (nSPS) is 11.4. The van der Waals surface area contributed by atoms with Gasteiger partial charge in [0.15, 0.2) is 0 Å². The van der Waals surface area contributed by atoms with E-state index < -0.39 is 0 Å². The van der Waals surface area contributed by atoms with Crippen LogP contribution in [0, 0.1) is 0 Å². The summed E-state index contributed by atoms with van der Waals surface area (Å²) >= 11 is 0. The standard InChI is InChI=1S/C24H26O2/c1-2-3-7-18-24(19-8-5-4-6-9-19,20-10-14-22(25)15-11-20)21-12-16-23(26)17-13-21/h4-6,8-17,25-26H,2-3,7,18H2,1H3. The molecule has 2 N–H and O–H groups in total. The zero-order valence-electron chi connectivity index (χ0n) is 15.2. The van der Waals surface area contributed by atoms with Crippen LogP contribution in [-0.2, 0) is 5.41 Å².